The highest BCUT2D eigenvalue weighted by molar-refractivity contribution is 7.83. The maximum Gasteiger partial charge on any atom is 0.362 e. The molecule has 0 aliphatic carbocycles. The molecule has 23 heteroatoms. The highest BCUT2D eigenvalue weighted by Crippen LogP contribution is 2.57. The van der Waals surface area contributed by atoms with E-state index in [1.54, 1.807) is 79.4 Å². The van der Waals surface area contributed by atoms with Crippen molar-refractivity contribution < 1.29 is 37.2 Å². The van der Waals surface area contributed by atoms with Crippen LogP contribution in [-0.4, -0.2) is 130 Å². The summed E-state index contributed by atoms with van der Waals surface area (Å²) in [4.78, 5) is 64.8. The van der Waals surface area contributed by atoms with Crippen LogP contribution in [0, 0.1) is 0 Å². The molecule has 7 aromatic rings. The summed E-state index contributed by atoms with van der Waals surface area (Å²) in [7, 11) is 2.03. The fourth-order valence-corrected chi connectivity index (χ4v) is 12.3. The lowest BCUT2D eigenvalue weighted by Gasteiger charge is -2.51. The van der Waals surface area contributed by atoms with Crippen molar-refractivity contribution in [2.45, 2.75) is 30.2 Å². The highest BCUT2D eigenvalue weighted by Gasteiger charge is 2.48. The largest absolute Gasteiger partial charge is 0.362 e. The summed E-state index contributed by atoms with van der Waals surface area (Å²) in [6, 6.07) is 50.0. The molecule has 4 heterocycles. The van der Waals surface area contributed by atoms with Crippen LogP contribution >= 0.6 is 25.8 Å². The quantitative estimate of drug-likeness (QED) is 0.0580. The van der Waals surface area contributed by atoms with Crippen molar-refractivity contribution in [3.8, 4) is 0 Å². The standard InChI is InChI=1S/C55H59ClN10O10P2/c1-61(2)77(56,71)73-38-46-35-64(37-50(76-46)66-33-31-48(60-54(66)70)58-52(68)41-22-12-6-13-23-41)78(72,62(3)4)74-39-45-34-63(36-49(75-45)65-32-30-47(59-53(65)69)57-51(67)40-20-10-5-11-21-40)55(42-24-14-7-15-25-42,43-26-16-8-17-27-43)44-28-18-9-19-29-44/h5-33,45-46,49-50H,34-39H2,1-4H3,(H,57,59,67,69)(H,58,60,68,70)/t45-,46-,49+,50+,77?,78?/m0/s1. The number of nitrogens with zero attached hydrogens (tertiary/aromatic N) is 8. The van der Waals surface area contributed by atoms with E-state index < -0.39 is 67.9 Å². The Labute approximate surface area is 456 Å². The molecule has 20 nitrogen and oxygen atoms in total. The molecule has 0 saturated carbocycles. The lowest BCUT2D eigenvalue weighted by Crippen LogP contribution is -2.58. The predicted molar refractivity (Wildman–Crippen MR) is 296 cm³/mol. The number of ether oxygens (including phenoxy) is 2. The molecule has 0 bridgehead atoms. The minimum absolute atomic E-state index is 0.00605. The third-order valence-corrected chi connectivity index (χ3v) is 18.5. The fourth-order valence-electron chi connectivity index (χ4n) is 9.55. The number of morpholine rings is 2. The monoisotopic (exact) mass is 1120 g/mol. The first-order chi connectivity index (χ1) is 37.5. The summed E-state index contributed by atoms with van der Waals surface area (Å²) >= 11 is 6.31. The highest BCUT2D eigenvalue weighted by atomic mass is 35.7. The Morgan fingerprint density at radius 3 is 1.38 bits per heavy atom. The van der Waals surface area contributed by atoms with E-state index in [0.717, 1.165) is 16.7 Å². The third-order valence-electron chi connectivity index (χ3n) is 13.4. The van der Waals surface area contributed by atoms with Crippen LogP contribution in [0.5, 0.6) is 0 Å². The number of benzene rings is 5. The van der Waals surface area contributed by atoms with Gasteiger partial charge >= 0.3 is 25.9 Å². The summed E-state index contributed by atoms with van der Waals surface area (Å²) in [6.45, 7) is -4.41. The topological polar surface area (TPSA) is 212 Å². The van der Waals surface area contributed by atoms with E-state index >= 15 is 4.57 Å². The molecule has 2 aromatic heterocycles. The van der Waals surface area contributed by atoms with Gasteiger partial charge in [-0.15, -0.1) is 0 Å². The summed E-state index contributed by atoms with van der Waals surface area (Å²) < 4.78 is 61.5. The lowest BCUT2D eigenvalue weighted by atomic mass is 9.75. The minimum Gasteiger partial charge on any atom is -0.350 e. The molecule has 5 aromatic carbocycles. The maximum absolute atomic E-state index is 15.8. The summed E-state index contributed by atoms with van der Waals surface area (Å²) in [5, 5.41) is 5.36. The zero-order valence-corrected chi connectivity index (χ0v) is 45.8. The Hall–Kier alpha value is -6.77. The van der Waals surface area contributed by atoms with Crippen LogP contribution < -0.4 is 22.0 Å². The van der Waals surface area contributed by atoms with Crippen molar-refractivity contribution in [1.29, 1.82) is 0 Å². The second-order valence-electron chi connectivity index (χ2n) is 18.9. The second kappa shape index (κ2) is 24.5. The number of aromatic nitrogens is 4. The number of carbonyl (C=O) groups excluding carboxylic acids is 2. The van der Waals surface area contributed by atoms with Gasteiger partial charge in [0.15, 0.2) is 12.5 Å². The van der Waals surface area contributed by atoms with E-state index in [0.29, 0.717) is 11.1 Å². The van der Waals surface area contributed by atoms with E-state index in [2.05, 4.69) is 61.9 Å². The lowest BCUT2D eigenvalue weighted by molar-refractivity contribution is -0.150. The smallest absolute Gasteiger partial charge is 0.350 e. The Morgan fingerprint density at radius 2 is 0.974 bits per heavy atom. The first-order valence-electron chi connectivity index (χ1n) is 25.0. The van der Waals surface area contributed by atoms with Crippen LogP contribution in [0.3, 0.4) is 0 Å². The fraction of sp³-hybridized carbons (Fsp3) is 0.273. The molecule has 6 atom stereocenters. The Bertz CT molecular complexity index is 3310. The molecule has 0 radical (unpaired) electrons. The first kappa shape index (κ1) is 56.0. The molecule has 9 rings (SSSR count). The third kappa shape index (κ3) is 12.4. The zero-order valence-electron chi connectivity index (χ0n) is 43.2. The molecule has 2 fully saturated rings. The summed E-state index contributed by atoms with van der Waals surface area (Å²) in [6.07, 6.45) is -1.12. The van der Waals surface area contributed by atoms with Gasteiger partial charge in [0, 0.05) is 43.2 Å². The second-order valence-corrected chi connectivity index (χ2v) is 24.7. The van der Waals surface area contributed by atoms with Crippen LogP contribution in [0.2, 0.25) is 0 Å². The van der Waals surface area contributed by atoms with Gasteiger partial charge in [-0.25, -0.2) is 23.6 Å². The number of hydrogen-bond acceptors (Lipinski definition) is 13. The summed E-state index contributed by atoms with van der Waals surface area (Å²) in [5.74, 6) is -0.871. The van der Waals surface area contributed by atoms with Gasteiger partial charge in [0.05, 0.1) is 37.5 Å². The molecule has 2 N–H and O–H groups in total. The molecular formula is C55H59ClN10O10P2. The van der Waals surface area contributed by atoms with Gasteiger partial charge in [0.2, 0.25) is 0 Å². The van der Waals surface area contributed by atoms with Gasteiger partial charge in [-0.1, -0.05) is 127 Å². The van der Waals surface area contributed by atoms with Crippen LogP contribution in [0.1, 0.15) is 49.9 Å². The maximum atomic E-state index is 15.8. The van der Waals surface area contributed by atoms with Gasteiger partial charge in [-0.3, -0.25) is 32.8 Å². The zero-order chi connectivity index (χ0) is 55.0. The van der Waals surface area contributed by atoms with Gasteiger partial charge in [-0.05, 0) is 92.5 Å². The number of rotatable bonds is 19. The molecular weight excluding hydrogens is 1060 g/mol. The number of carbonyl (C=O) groups is 2. The molecule has 406 valence electrons. The van der Waals surface area contributed by atoms with E-state index in [1.807, 2.05) is 54.6 Å². The number of hydrogen-bond donors (Lipinski definition) is 2. The van der Waals surface area contributed by atoms with Crippen LogP contribution in [0.15, 0.2) is 186 Å². The van der Waals surface area contributed by atoms with E-state index in [1.165, 1.54) is 57.1 Å². The van der Waals surface area contributed by atoms with Crippen molar-refractivity contribution >= 4 is 49.2 Å². The van der Waals surface area contributed by atoms with E-state index in [9.17, 15) is 23.7 Å². The van der Waals surface area contributed by atoms with Gasteiger partial charge in [0.25, 0.3) is 11.8 Å². The number of halogens is 1. The van der Waals surface area contributed by atoms with Crippen molar-refractivity contribution in [1.82, 2.24) is 38.0 Å². The Balaban J connectivity index is 1.06. The number of amides is 2. The summed E-state index contributed by atoms with van der Waals surface area (Å²) in [5.41, 5.74) is 1.03. The minimum atomic E-state index is -4.16. The van der Waals surface area contributed by atoms with Crippen LogP contribution in [0.4, 0.5) is 11.6 Å². The Morgan fingerprint density at radius 1 is 0.577 bits per heavy atom. The van der Waals surface area contributed by atoms with Gasteiger partial charge in [-0.2, -0.15) is 9.97 Å². The molecule has 2 aliphatic heterocycles. The SMILES string of the molecule is CN(C)P(=O)(Cl)OC[C@@H]1CN(P(=O)(OC[C@@H]2CN(C(c3ccccc3)(c3ccccc3)c3ccccc3)C[C@H](n3ccc(NC(=O)c4ccccc4)nc3=O)O2)N(C)C)C[C@H](n2ccc(NC(=O)c3ccccc3)nc2=O)O1. The van der Waals surface area contributed by atoms with Crippen molar-refractivity contribution in [2.75, 3.05) is 78.2 Å². The molecule has 78 heavy (non-hydrogen) atoms. The average Bonchev–Trinajstić information content (AvgIpc) is 3.61. The number of anilines is 2. The van der Waals surface area contributed by atoms with Crippen LogP contribution in [-0.2, 0) is 33.2 Å². The molecule has 2 unspecified atom stereocenters. The molecule has 2 aliphatic rings. The normalized spacial score (nSPS) is 19.9. The first-order valence-corrected chi connectivity index (χ1v) is 29.0. The van der Waals surface area contributed by atoms with Crippen molar-refractivity contribution in [2.24, 2.45) is 0 Å². The van der Waals surface area contributed by atoms with Crippen LogP contribution in [0.25, 0.3) is 0 Å². The molecule has 0 spiro atoms. The predicted octanol–water partition coefficient (Wildman–Crippen LogP) is 8.01. The van der Waals surface area contributed by atoms with Crippen molar-refractivity contribution in [3.63, 3.8) is 0 Å². The number of nitrogens with one attached hydrogen (secondary N) is 2. The van der Waals surface area contributed by atoms with Gasteiger partial charge in [0.1, 0.15) is 11.6 Å². The molecule has 2 saturated heterocycles. The average molecular weight is 1120 g/mol. The van der Waals surface area contributed by atoms with Gasteiger partial charge < -0.3 is 29.2 Å². The van der Waals surface area contributed by atoms with E-state index in [-0.39, 0.29) is 51.0 Å². The van der Waals surface area contributed by atoms with Crippen molar-refractivity contribution in [3.05, 3.63) is 225 Å². The molecule has 2 amide bonds. The Kier molecular flexibility index (Phi) is 17.6. The van der Waals surface area contributed by atoms with E-state index in [4.69, 9.17) is 29.8 Å².